The molecule has 190 valence electrons. The van der Waals surface area contributed by atoms with Gasteiger partial charge < -0.3 is 10.2 Å². The lowest BCUT2D eigenvalue weighted by atomic mass is 10.1. The standard InChI is InChI=1S/C24H25N9O3S/c1-37(35,36)27-11-3-2-4-13-33(21-7-5-6-18-17(21)15-26-32-18)22-10-12-25-23(31-22)28-16-8-9-19-20(14-16)30-24(34)29-19/h5-10,12,14-15,27H,2-4,11,13H2,1H3,(H,26,32)(H,25,28,31). The highest BCUT2D eigenvalue weighted by molar-refractivity contribution is 7.88. The fraction of sp³-hybridized carbons (Fsp3) is 0.250. The molecular formula is C24H25N9O3S. The molecule has 2 amide bonds. The Hall–Kier alpha value is -4.23. The number of hydrogen-bond acceptors (Lipinski definition) is 8. The van der Waals surface area contributed by atoms with Gasteiger partial charge in [0.25, 0.3) is 0 Å². The van der Waals surface area contributed by atoms with Crippen molar-refractivity contribution in [2.24, 2.45) is 9.98 Å². The predicted octanol–water partition coefficient (Wildman–Crippen LogP) is 2.33. The maximum absolute atomic E-state index is 11.5. The summed E-state index contributed by atoms with van der Waals surface area (Å²) in [7, 11) is -3.19. The summed E-state index contributed by atoms with van der Waals surface area (Å²) in [5.74, 6) is 1.08. The molecule has 0 unspecified atom stereocenters. The summed E-state index contributed by atoms with van der Waals surface area (Å²) in [4.78, 5) is 30.4. The highest BCUT2D eigenvalue weighted by Crippen LogP contribution is 2.31. The molecule has 1 aliphatic rings. The molecule has 0 aliphatic carbocycles. The predicted molar refractivity (Wildman–Crippen MR) is 139 cm³/mol. The molecule has 3 N–H and O–H groups in total. The van der Waals surface area contributed by atoms with Crippen LogP contribution in [-0.4, -0.2) is 54.0 Å². The largest absolute Gasteiger partial charge is 0.368 e. The molecule has 0 fully saturated rings. The van der Waals surface area contributed by atoms with E-state index in [-0.39, 0.29) is 0 Å². The number of nitrogens with one attached hydrogen (secondary N) is 3. The second-order valence-corrected chi connectivity index (χ2v) is 10.4. The molecule has 4 aromatic rings. The number of urea groups is 1. The van der Waals surface area contributed by atoms with E-state index in [1.807, 2.05) is 24.3 Å². The molecule has 3 heterocycles. The Morgan fingerprint density at radius 2 is 1.89 bits per heavy atom. The van der Waals surface area contributed by atoms with Gasteiger partial charge in [0, 0.05) is 30.4 Å². The molecule has 5 rings (SSSR count). The van der Waals surface area contributed by atoms with Gasteiger partial charge in [0.2, 0.25) is 16.0 Å². The number of benzene rings is 2. The maximum atomic E-state index is 11.5. The number of rotatable bonds is 11. The van der Waals surface area contributed by atoms with Gasteiger partial charge in [-0.2, -0.15) is 20.1 Å². The quantitative estimate of drug-likeness (QED) is 0.255. The van der Waals surface area contributed by atoms with Crippen molar-refractivity contribution >= 4 is 50.1 Å². The van der Waals surface area contributed by atoms with Gasteiger partial charge in [-0.1, -0.05) is 12.5 Å². The lowest BCUT2D eigenvalue weighted by Crippen LogP contribution is -2.24. The zero-order valence-electron chi connectivity index (χ0n) is 20.0. The Balaban J connectivity index is 1.38. The van der Waals surface area contributed by atoms with Crippen LogP contribution in [0.2, 0.25) is 0 Å². The first-order chi connectivity index (χ1) is 17.9. The molecule has 0 radical (unpaired) electrons. The molecule has 37 heavy (non-hydrogen) atoms. The second kappa shape index (κ2) is 10.4. The summed E-state index contributed by atoms with van der Waals surface area (Å²) in [5.41, 5.74) is 2.54. The lowest BCUT2D eigenvalue weighted by Gasteiger charge is -2.25. The molecule has 0 saturated carbocycles. The van der Waals surface area contributed by atoms with E-state index in [1.54, 1.807) is 30.6 Å². The SMILES string of the molecule is CS(=O)(=O)NCCCCCN(c1ccnc(Nc2ccc3c(c2)=NC(=O)N=3)n1)c1cccc2[nH]ncc12. The van der Waals surface area contributed by atoms with Gasteiger partial charge in [-0.3, -0.25) is 5.10 Å². The summed E-state index contributed by atoms with van der Waals surface area (Å²) in [6.07, 6.45) is 7.00. The number of nitrogens with zero attached hydrogens (tertiary/aromatic N) is 6. The molecule has 0 atom stereocenters. The van der Waals surface area contributed by atoms with Crippen LogP contribution < -0.4 is 25.7 Å². The molecule has 0 spiro atoms. The third-order valence-electron chi connectivity index (χ3n) is 5.76. The Labute approximate surface area is 212 Å². The number of H-pyrrole nitrogens is 1. The van der Waals surface area contributed by atoms with Crippen LogP contribution in [0, 0.1) is 0 Å². The van der Waals surface area contributed by atoms with Crippen molar-refractivity contribution in [1.82, 2.24) is 24.9 Å². The summed E-state index contributed by atoms with van der Waals surface area (Å²) in [6.45, 7) is 1.06. The monoisotopic (exact) mass is 519 g/mol. The Morgan fingerprint density at radius 1 is 1.03 bits per heavy atom. The molecule has 0 saturated heterocycles. The topological polar surface area (TPSA) is 158 Å². The van der Waals surface area contributed by atoms with Crippen molar-refractivity contribution in [1.29, 1.82) is 0 Å². The molecule has 1 aliphatic heterocycles. The molecular weight excluding hydrogens is 494 g/mol. The number of carbonyl (C=O) groups is 1. The number of carbonyl (C=O) groups excluding carboxylic acids is 1. The first-order valence-electron chi connectivity index (χ1n) is 11.7. The number of fused-ring (bicyclic) bond motifs is 2. The number of sulfonamides is 1. The van der Waals surface area contributed by atoms with Crippen molar-refractivity contribution in [3.05, 3.63) is 65.6 Å². The molecule has 2 aromatic heterocycles. The highest BCUT2D eigenvalue weighted by Gasteiger charge is 2.16. The van der Waals surface area contributed by atoms with Crippen LogP contribution in [0.4, 0.5) is 27.9 Å². The highest BCUT2D eigenvalue weighted by atomic mass is 32.2. The summed E-state index contributed by atoms with van der Waals surface area (Å²) >= 11 is 0. The van der Waals surface area contributed by atoms with Gasteiger partial charge in [-0.05, 0) is 49.2 Å². The average Bonchev–Trinajstić information content (AvgIpc) is 3.48. The van der Waals surface area contributed by atoms with Crippen molar-refractivity contribution < 1.29 is 13.2 Å². The van der Waals surface area contributed by atoms with Gasteiger partial charge in [0.05, 0.1) is 34.4 Å². The van der Waals surface area contributed by atoms with Gasteiger partial charge in [-0.15, -0.1) is 0 Å². The van der Waals surface area contributed by atoms with E-state index in [0.29, 0.717) is 41.3 Å². The van der Waals surface area contributed by atoms with Crippen LogP contribution in [0.5, 0.6) is 0 Å². The number of hydrogen-bond donors (Lipinski definition) is 3. The van der Waals surface area contributed by atoms with Gasteiger partial charge in [0.1, 0.15) is 5.82 Å². The van der Waals surface area contributed by atoms with E-state index in [1.165, 1.54) is 0 Å². The third-order valence-corrected chi connectivity index (χ3v) is 6.48. The first kappa shape index (κ1) is 24.5. The number of anilines is 4. The lowest BCUT2D eigenvalue weighted by molar-refractivity contribution is 0.256. The summed E-state index contributed by atoms with van der Waals surface area (Å²) < 4.78 is 25.1. The number of amides is 2. The van der Waals surface area contributed by atoms with Crippen LogP contribution in [0.15, 0.2) is 64.8 Å². The smallest absolute Gasteiger partial charge is 0.326 e. The Kier molecular flexibility index (Phi) is 6.88. The van der Waals surface area contributed by atoms with Gasteiger partial charge in [0.15, 0.2) is 0 Å². The van der Waals surface area contributed by atoms with Crippen molar-refractivity contribution in [3.8, 4) is 0 Å². The molecule has 12 nitrogen and oxygen atoms in total. The van der Waals surface area contributed by atoms with E-state index >= 15 is 0 Å². The molecule has 13 heteroatoms. The van der Waals surface area contributed by atoms with E-state index in [4.69, 9.17) is 4.98 Å². The fourth-order valence-corrected chi connectivity index (χ4v) is 4.60. The number of unbranched alkanes of at least 4 members (excludes halogenated alkanes) is 2. The second-order valence-electron chi connectivity index (χ2n) is 8.56. The van der Waals surface area contributed by atoms with E-state index < -0.39 is 16.1 Å². The minimum absolute atomic E-state index is 0.389. The Bertz CT molecular complexity index is 1690. The van der Waals surface area contributed by atoms with E-state index in [0.717, 1.165) is 42.1 Å². The minimum atomic E-state index is -3.19. The van der Waals surface area contributed by atoms with Gasteiger partial charge >= 0.3 is 6.03 Å². The first-order valence-corrected chi connectivity index (χ1v) is 13.6. The fourth-order valence-electron chi connectivity index (χ4n) is 4.08. The number of aromatic nitrogens is 4. The average molecular weight is 520 g/mol. The molecule has 2 aromatic carbocycles. The van der Waals surface area contributed by atoms with Crippen LogP contribution >= 0.6 is 0 Å². The van der Waals surface area contributed by atoms with Crippen LogP contribution in [-0.2, 0) is 10.0 Å². The zero-order valence-corrected chi connectivity index (χ0v) is 20.9. The Morgan fingerprint density at radius 3 is 2.76 bits per heavy atom. The van der Waals surface area contributed by atoms with Gasteiger partial charge in [-0.25, -0.2) is 22.9 Å². The van der Waals surface area contributed by atoms with Crippen LogP contribution in [0.1, 0.15) is 19.3 Å². The van der Waals surface area contributed by atoms with Crippen molar-refractivity contribution in [2.75, 3.05) is 29.6 Å². The minimum Gasteiger partial charge on any atom is -0.326 e. The number of aromatic amines is 1. The normalized spacial score (nSPS) is 12.7. The maximum Gasteiger partial charge on any atom is 0.368 e. The van der Waals surface area contributed by atoms with Crippen molar-refractivity contribution in [3.63, 3.8) is 0 Å². The third kappa shape index (κ3) is 5.95. The summed E-state index contributed by atoms with van der Waals surface area (Å²) in [5, 5.41) is 12.4. The summed E-state index contributed by atoms with van der Waals surface area (Å²) in [6, 6.07) is 12.5. The van der Waals surface area contributed by atoms with Crippen LogP contribution in [0.3, 0.4) is 0 Å². The molecule has 0 bridgehead atoms. The van der Waals surface area contributed by atoms with E-state index in [2.05, 4.69) is 40.1 Å². The zero-order chi connectivity index (χ0) is 25.8. The van der Waals surface area contributed by atoms with Crippen molar-refractivity contribution in [2.45, 2.75) is 19.3 Å². The van der Waals surface area contributed by atoms with Crippen LogP contribution in [0.25, 0.3) is 10.9 Å². The van der Waals surface area contributed by atoms with E-state index in [9.17, 15) is 13.2 Å².